The second kappa shape index (κ2) is 4.21. The Balaban J connectivity index is 2.24. The van der Waals surface area contributed by atoms with Gasteiger partial charge in [0.2, 0.25) is 0 Å². The largest absolute Gasteiger partial charge is 0.292 e. The Labute approximate surface area is 108 Å². The molecule has 1 atom stereocenters. The quantitative estimate of drug-likeness (QED) is 0.760. The number of rotatable bonds is 1. The molecule has 0 saturated carbocycles. The van der Waals surface area contributed by atoms with E-state index in [1.807, 2.05) is 42.5 Å². The zero-order chi connectivity index (χ0) is 11.8. The summed E-state index contributed by atoms with van der Waals surface area (Å²) in [4.78, 5) is 12.1. The van der Waals surface area contributed by atoms with E-state index in [1.165, 1.54) is 0 Å². The van der Waals surface area contributed by atoms with Gasteiger partial charge in [0.15, 0.2) is 5.78 Å². The number of benzene rings is 2. The second-order valence-electron chi connectivity index (χ2n) is 4.02. The minimum atomic E-state index is -0.259. The SMILES string of the molecule is O=C1c2cc3ccccc3cc2C=CC1SCl. The molecule has 0 aliphatic heterocycles. The normalized spacial score (nSPS) is 18.4. The summed E-state index contributed by atoms with van der Waals surface area (Å²) in [6.07, 6.45) is 3.83. The summed E-state index contributed by atoms with van der Waals surface area (Å²) in [6.45, 7) is 0. The van der Waals surface area contributed by atoms with Crippen LogP contribution in [0.1, 0.15) is 15.9 Å². The first-order valence-electron chi connectivity index (χ1n) is 5.32. The van der Waals surface area contributed by atoms with Crippen molar-refractivity contribution in [2.24, 2.45) is 0 Å². The minimum Gasteiger partial charge on any atom is -0.292 e. The molecular weight excluding hydrogens is 252 g/mol. The summed E-state index contributed by atoms with van der Waals surface area (Å²) < 4.78 is 0. The highest BCUT2D eigenvalue weighted by atomic mass is 35.7. The number of hydrogen-bond acceptors (Lipinski definition) is 2. The van der Waals surface area contributed by atoms with Crippen molar-refractivity contribution >= 4 is 44.3 Å². The number of Topliss-reactive ketones (excluding diaryl/α,β-unsaturated/α-hetero) is 1. The number of halogens is 1. The van der Waals surface area contributed by atoms with Crippen LogP contribution in [0.2, 0.25) is 0 Å². The van der Waals surface area contributed by atoms with Crippen molar-refractivity contribution in [1.29, 1.82) is 0 Å². The van der Waals surface area contributed by atoms with Crippen LogP contribution in [0.3, 0.4) is 0 Å². The standard InChI is InChI=1S/C14H9ClOS/c15-17-13-6-5-11-7-9-3-1-2-4-10(9)8-12(11)14(13)16/h1-8,13H. The molecule has 1 aliphatic carbocycles. The Morgan fingerprint density at radius 3 is 2.53 bits per heavy atom. The van der Waals surface area contributed by atoms with Gasteiger partial charge in [-0.05, 0) is 50.1 Å². The van der Waals surface area contributed by atoms with E-state index in [0.717, 1.165) is 32.9 Å². The maximum absolute atomic E-state index is 12.1. The maximum atomic E-state index is 12.1. The second-order valence-corrected chi connectivity index (χ2v) is 5.24. The lowest BCUT2D eigenvalue weighted by molar-refractivity contribution is 0.1000. The lowest BCUT2D eigenvalue weighted by atomic mass is 9.93. The molecule has 1 nitrogen and oxygen atoms in total. The molecule has 84 valence electrons. The van der Waals surface area contributed by atoms with Crippen LogP contribution in [0.4, 0.5) is 0 Å². The monoisotopic (exact) mass is 260 g/mol. The molecule has 2 aromatic carbocycles. The van der Waals surface area contributed by atoms with E-state index in [1.54, 1.807) is 0 Å². The molecule has 17 heavy (non-hydrogen) atoms. The molecule has 1 aliphatic rings. The third-order valence-electron chi connectivity index (χ3n) is 2.99. The van der Waals surface area contributed by atoms with Crippen molar-refractivity contribution in [3.05, 3.63) is 53.6 Å². The number of fused-ring (bicyclic) bond motifs is 2. The summed E-state index contributed by atoms with van der Waals surface area (Å²) in [6, 6.07) is 12.1. The fourth-order valence-corrected chi connectivity index (χ4v) is 2.88. The van der Waals surface area contributed by atoms with Gasteiger partial charge in [-0.25, -0.2) is 0 Å². The van der Waals surface area contributed by atoms with Gasteiger partial charge in [0.05, 0.1) is 0 Å². The lowest BCUT2D eigenvalue weighted by Crippen LogP contribution is -2.18. The molecule has 0 N–H and O–H groups in total. The van der Waals surface area contributed by atoms with Crippen molar-refractivity contribution < 1.29 is 4.79 Å². The lowest BCUT2D eigenvalue weighted by Gasteiger charge is -2.16. The molecule has 0 bridgehead atoms. The molecule has 3 rings (SSSR count). The van der Waals surface area contributed by atoms with Crippen molar-refractivity contribution in [2.75, 3.05) is 0 Å². The Kier molecular flexibility index (Phi) is 2.69. The molecular formula is C14H9ClOS. The molecule has 0 fully saturated rings. The first-order chi connectivity index (χ1) is 8.29. The summed E-state index contributed by atoms with van der Waals surface area (Å²) in [5, 5.41) is 1.99. The summed E-state index contributed by atoms with van der Waals surface area (Å²) in [7, 11) is 6.76. The van der Waals surface area contributed by atoms with Crippen molar-refractivity contribution in [2.45, 2.75) is 5.25 Å². The van der Waals surface area contributed by atoms with Gasteiger partial charge in [0.25, 0.3) is 0 Å². The van der Waals surface area contributed by atoms with E-state index in [2.05, 4.69) is 6.07 Å². The third-order valence-corrected chi connectivity index (χ3v) is 4.13. The molecule has 0 saturated heterocycles. The Bertz CT molecular complexity index is 633. The maximum Gasteiger partial charge on any atom is 0.181 e. The highest BCUT2D eigenvalue weighted by Crippen LogP contribution is 2.31. The van der Waals surface area contributed by atoms with Gasteiger partial charge in [-0.3, -0.25) is 4.79 Å². The summed E-state index contributed by atoms with van der Waals surface area (Å²) in [5.74, 6) is 0.0910. The number of carbonyl (C=O) groups is 1. The van der Waals surface area contributed by atoms with Gasteiger partial charge >= 0.3 is 0 Å². The van der Waals surface area contributed by atoms with Crippen LogP contribution >= 0.6 is 21.7 Å². The van der Waals surface area contributed by atoms with Gasteiger partial charge in [-0.15, -0.1) is 0 Å². The third kappa shape index (κ3) is 1.78. The highest BCUT2D eigenvalue weighted by Gasteiger charge is 2.23. The first kappa shape index (κ1) is 10.9. The van der Waals surface area contributed by atoms with Gasteiger partial charge in [-0.2, -0.15) is 0 Å². The molecule has 1 unspecified atom stereocenters. The zero-order valence-electron chi connectivity index (χ0n) is 8.89. The molecule has 0 aromatic heterocycles. The smallest absolute Gasteiger partial charge is 0.181 e. The predicted molar refractivity (Wildman–Crippen MR) is 74.5 cm³/mol. The van der Waals surface area contributed by atoms with E-state index in [9.17, 15) is 4.79 Å². The van der Waals surface area contributed by atoms with Crippen molar-refractivity contribution in [3.8, 4) is 0 Å². The molecule has 2 aromatic rings. The molecule has 0 radical (unpaired) electrons. The van der Waals surface area contributed by atoms with Crippen LogP contribution in [0.25, 0.3) is 16.8 Å². The highest BCUT2D eigenvalue weighted by molar-refractivity contribution is 8.22. The minimum absolute atomic E-state index is 0.0910. The first-order valence-corrected chi connectivity index (χ1v) is 7.03. The average Bonchev–Trinajstić information content (AvgIpc) is 2.37. The molecule has 0 heterocycles. The Hall–Kier alpha value is -1.25. The van der Waals surface area contributed by atoms with E-state index < -0.39 is 0 Å². The van der Waals surface area contributed by atoms with Gasteiger partial charge < -0.3 is 0 Å². The number of hydrogen-bond donors (Lipinski definition) is 0. The predicted octanol–water partition coefficient (Wildman–Crippen LogP) is 4.30. The number of carbonyl (C=O) groups excluding carboxylic acids is 1. The fourth-order valence-electron chi connectivity index (χ4n) is 2.11. The van der Waals surface area contributed by atoms with Gasteiger partial charge in [0, 0.05) is 5.56 Å². The summed E-state index contributed by atoms with van der Waals surface area (Å²) in [5.41, 5.74) is 1.75. The topological polar surface area (TPSA) is 17.1 Å². The van der Waals surface area contributed by atoms with Crippen LogP contribution in [0, 0.1) is 0 Å². The number of ketones is 1. The van der Waals surface area contributed by atoms with Crippen LogP contribution in [-0.2, 0) is 0 Å². The zero-order valence-corrected chi connectivity index (χ0v) is 10.5. The van der Waals surface area contributed by atoms with E-state index >= 15 is 0 Å². The van der Waals surface area contributed by atoms with Crippen molar-refractivity contribution in [3.63, 3.8) is 0 Å². The molecule has 0 spiro atoms. The van der Waals surface area contributed by atoms with E-state index in [4.69, 9.17) is 10.7 Å². The van der Waals surface area contributed by atoms with Crippen molar-refractivity contribution in [1.82, 2.24) is 0 Å². The average molecular weight is 261 g/mol. The van der Waals surface area contributed by atoms with Gasteiger partial charge in [0.1, 0.15) is 5.25 Å². The van der Waals surface area contributed by atoms with E-state index in [-0.39, 0.29) is 11.0 Å². The molecule has 3 heteroatoms. The van der Waals surface area contributed by atoms with E-state index in [0.29, 0.717) is 0 Å². The Morgan fingerprint density at radius 1 is 1.12 bits per heavy atom. The van der Waals surface area contributed by atoms with Crippen LogP contribution in [0.5, 0.6) is 0 Å². The van der Waals surface area contributed by atoms with Crippen LogP contribution < -0.4 is 0 Å². The summed E-state index contributed by atoms with van der Waals surface area (Å²) >= 11 is 0. The molecule has 0 amide bonds. The van der Waals surface area contributed by atoms with Crippen LogP contribution in [0.15, 0.2) is 42.5 Å². The Morgan fingerprint density at radius 2 is 1.82 bits per heavy atom. The van der Waals surface area contributed by atoms with Crippen LogP contribution in [-0.4, -0.2) is 11.0 Å². The fraction of sp³-hybridized carbons (Fsp3) is 0.0714. The van der Waals surface area contributed by atoms with Gasteiger partial charge in [-0.1, -0.05) is 36.4 Å².